The molecule has 1 aliphatic heterocycles. The van der Waals surface area contributed by atoms with E-state index in [1.165, 1.54) is 18.2 Å². The third kappa shape index (κ3) is 4.29. The maximum atomic E-state index is 13.2. The van der Waals surface area contributed by atoms with Crippen molar-refractivity contribution in [2.45, 2.75) is 27.2 Å². The van der Waals surface area contributed by atoms with Crippen LogP contribution in [0, 0.1) is 11.2 Å². The molecule has 0 atom stereocenters. The smallest absolute Gasteiger partial charge is 0.254 e. The summed E-state index contributed by atoms with van der Waals surface area (Å²) in [7, 11) is 0. The number of halogens is 1. The van der Waals surface area contributed by atoms with Crippen molar-refractivity contribution in [3.8, 4) is 0 Å². The van der Waals surface area contributed by atoms with Crippen molar-refractivity contribution >= 4 is 11.8 Å². The van der Waals surface area contributed by atoms with Gasteiger partial charge in [-0.2, -0.15) is 0 Å². The van der Waals surface area contributed by atoms with E-state index in [1.54, 1.807) is 15.9 Å². The van der Waals surface area contributed by atoms with E-state index in [1.807, 2.05) is 20.8 Å². The third-order valence-electron chi connectivity index (χ3n) is 3.67. The molecule has 1 aromatic carbocycles. The fraction of sp³-hybridized carbons (Fsp3) is 0.529. The highest BCUT2D eigenvalue weighted by atomic mass is 19.1. The van der Waals surface area contributed by atoms with Gasteiger partial charge in [-0.25, -0.2) is 4.39 Å². The molecule has 120 valence electrons. The molecule has 4 nitrogen and oxygen atoms in total. The molecule has 1 aliphatic rings. The normalized spacial score (nSPS) is 15.8. The Morgan fingerprint density at radius 2 is 1.68 bits per heavy atom. The maximum absolute atomic E-state index is 13.2. The highest BCUT2D eigenvalue weighted by Crippen LogP contribution is 2.20. The molecule has 2 rings (SSSR count). The molecule has 1 heterocycles. The van der Waals surface area contributed by atoms with Crippen LogP contribution in [0.5, 0.6) is 0 Å². The molecule has 1 aromatic rings. The Balaban J connectivity index is 1.92. The molecule has 22 heavy (non-hydrogen) atoms. The third-order valence-corrected chi connectivity index (χ3v) is 3.67. The summed E-state index contributed by atoms with van der Waals surface area (Å²) in [6.45, 7) is 8.17. The van der Waals surface area contributed by atoms with Gasteiger partial charge in [0.25, 0.3) is 5.91 Å². The first-order valence-electron chi connectivity index (χ1n) is 7.59. The fourth-order valence-electron chi connectivity index (χ4n) is 2.53. The van der Waals surface area contributed by atoms with Gasteiger partial charge in [0.05, 0.1) is 0 Å². The number of carbonyl (C=O) groups is 2. The largest absolute Gasteiger partial charge is 0.339 e. The molecule has 0 bridgehead atoms. The standard InChI is InChI=1S/C17H23FN2O2/c1-17(2,3)12-15(21)19-7-9-20(10-8-19)16(22)13-5-4-6-14(18)11-13/h4-6,11H,7-10,12H2,1-3H3. The number of hydrogen-bond donors (Lipinski definition) is 0. The Hall–Kier alpha value is -1.91. The van der Waals surface area contributed by atoms with Crippen LogP contribution in [0.2, 0.25) is 0 Å². The molecule has 5 heteroatoms. The second-order valence-electron chi connectivity index (χ2n) is 6.92. The lowest BCUT2D eigenvalue weighted by Gasteiger charge is -2.36. The van der Waals surface area contributed by atoms with Crippen LogP contribution in [0.1, 0.15) is 37.6 Å². The Morgan fingerprint density at radius 1 is 1.09 bits per heavy atom. The predicted octanol–water partition coefficient (Wildman–Crippen LogP) is 2.55. The van der Waals surface area contributed by atoms with Crippen LogP contribution in [-0.2, 0) is 4.79 Å². The van der Waals surface area contributed by atoms with E-state index < -0.39 is 5.82 Å². The molecule has 0 aromatic heterocycles. The molecule has 0 aliphatic carbocycles. The van der Waals surface area contributed by atoms with Crippen molar-refractivity contribution in [3.05, 3.63) is 35.6 Å². The van der Waals surface area contributed by atoms with Gasteiger partial charge in [0.1, 0.15) is 5.82 Å². The van der Waals surface area contributed by atoms with Gasteiger partial charge in [-0.05, 0) is 23.6 Å². The Kier molecular flexibility index (Phi) is 4.84. The summed E-state index contributed by atoms with van der Waals surface area (Å²) in [4.78, 5) is 28.0. The SMILES string of the molecule is CC(C)(C)CC(=O)N1CCN(C(=O)c2cccc(F)c2)CC1. The lowest BCUT2D eigenvalue weighted by molar-refractivity contribution is -0.134. The summed E-state index contributed by atoms with van der Waals surface area (Å²) in [5, 5.41) is 0. The van der Waals surface area contributed by atoms with E-state index >= 15 is 0 Å². The molecule has 2 amide bonds. The highest BCUT2D eigenvalue weighted by Gasteiger charge is 2.27. The summed E-state index contributed by atoms with van der Waals surface area (Å²) in [5.41, 5.74) is 0.320. The maximum Gasteiger partial charge on any atom is 0.254 e. The second kappa shape index (κ2) is 6.46. The number of rotatable bonds is 2. The number of hydrogen-bond acceptors (Lipinski definition) is 2. The molecule has 0 N–H and O–H groups in total. The summed E-state index contributed by atoms with van der Waals surface area (Å²) in [5.74, 6) is -0.461. The molecular formula is C17H23FN2O2. The lowest BCUT2D eigenvalue weighted by atomic mass is 9.91. The average molecular weight is 306 g/mol. The van der Waals surface area contributed by atoms with Crippen molar-refractivity contribution in [2.75, 3.05) is 26.2 Å². The van der Waals surface area contributed by atoms with Crippen LogP contribution < -0.4 is 0 Å². The van der Waals surface area contributed by atoms with Crippen LogP contribution >= 0.6 is 0 Å². The van der Waals surface area contributed by atoms with Crippen molar-refractivity contribution < 1.29 is 14.0 Å². The summed E-state index contributed by atoms with van der Waals surface area (Å²) >= 11 is 0. The Labute approximate surface area is 130 Å². The van der Waals surface area contributed by atoms with Crippen LogP contribution in [0.25, 0.3) is 0 Å². The minimum atomic E-state index is -0.412. The van der Waals surface area contributed by atoms with Gasteiger partial charge >= 0.3 is 0 Å². The lowest BCUT2D eigenvalue weighted by Crippen LogP contribution is -2.51. The Bertz CT molecular complexity index is 558. The zero-order valence-corrected chi connectivity index (χ0v) is 13.4. The Morgan fingerprint density at radius 3 is 2.23 bits per heavy atom. The monoisotopic (exact) mass is 306 g/mol. The van der Waals surface area contributed by atoms with Crippen molar-refractivity contribution in [3.63, 3.8) is 0 Å². The molecule has 0 radical (unpaired) electrons. The van der Waals surface area contributed by atoms with Crippen LogP contribution in [0.3, 0.4) is 0 Å². The minimum absolute atomic E-state index is 0.0361. The fourth-order valence-corrected chi connectivity index (χ4v) is 2.53. The molecule has 0 saturated carbocycles. The van der Waals surface area contributed by atoms with E-state index in [2.05, 4.69) is 0 Å². The first-order valence-corrected chi connectivity index (χ1v) is 7.59. The number of piperazine rings is 1. The van der Waals surface area contributed by atoms with Gasteiger partial charge in [0.15, 0.2) is 0 Å². The summed E-state index contributed by atoms with van der Waals surface area (Å²) in [6, 6.07) is 5.72. The molecule has 1 saturated heterocycles. The number of benzene rings is 1. The quantitative estimate of drug-likeness (QED) is 0.842. The predicted molar refractivity (Wildman–Crippen MR) is 83.0 cm³/mol. The minimum Gasteiger partial charge on any atom is -0.339 e. The van der Waals surface area contributed by atoms with Gasteiger partial charge in [0.2, 0.25) is 5.91 Å². The first kappa shape index (κ1) is 16.5. The van der Waals surface area contributed by atoms with Crippen molar-refractivity contribution in [2.24, 2.45) is 5.41 Å². The number of carbonyl (C=O) groups excluding carboxylic acids is 2. The van der Waals surface area contributed by atoms with Crippen LogP contribution in [0.4, 0.5) is 4.39 Å². The van der Waals surface area contributed by atoms with Gasteiger partial charge in [-0.15, -0.1) is 0 Å². The molecule has 1 fully saturated rings. The molecular weight excluding hydrogens is 283 g/mol. The molecule has 0 spiro atoms. The highest BCUT2D eigenvalue weighted by molar-refractivity contribution is 5.94. The van der Waals surface area contributed by atoms with Crippen molar-refractivity contribution in [1.82, 2.24) is 9.80 Å². The topological polar surface area (TPSA) is 40.6 Å². The van der Waals surface area contributed by atoms with Gasteiger partial charge < -0.3 is 9.80 Å². The zero-order chi connectivity index (χ0) is 16.3. The van der Waals surface area contributed by atoms with E-state index in [0.717, 1.165) is 0 Å². The van der Waals surface area contributed by atoms with Gasteiger partial charge in [-0.3, -0.25) is 9.59 Å². The average Bonchev–Trinajstić information content (AvgIpc) is 2.45. The van der Waals surface area contributed by atoms with E-state index in [4.69, 9.17) is 0 Å². The second-order valence-corrected chi connectivity index (χ2v) is 6.92. The van der Waals surface area contributed by atoms with Gasteiger partial charge in [-0.1, -0.05) is 26.8 Å². The van der Waals surface area contributed by atoms with E-state index in [-0.39, 0.29) is 17.2 Å². The molecule has 0 unspecified atom stereocenters. The van der Waals surface area contributed by atoms with Crippen molar-refractivity contribution in [1.29, 1.82) is 0 Å². The van der Waals surface area contributed by atoms with E-state index in [0.29, 0.717) is 38.2 Å². The zero-order valence-electron chi connectivity index (χ0n) is 13.4. The first-order chi connectivity index (χ1) is 10.3. The summed E-state index contributed by atoms with van der Waals surface area (Å²) in [6.07, 6.45) is 0.505. The van der Waals surface area contributed by atoms with E-state index in [9.17, 15) is 14.0 Å². The summed E-state index contributed by atoms with van der Waals surface area (Å²) < 4.78 is 13.2. The van der Waals surface area contributed by atoms with Crippen LogP contribution in [0.15, 0.2) is 24.3 Å². The van der Waals surface area contributed by atoms with Gasteiger partial charge in [0, 0.05) is 38.2 Å². The number of amides is 2. The van der Waals surface area contributed by atoms with Crippen LogP contribution in [-0.4, -0.2) is 47.8 Å². The number of nitrogens with zero attached hydrogens (tertiary/aromatic N) is 2.